The molecule has 0 aromatic heterocycles. The topological polar surface area (TPSA) is 20.3 Å². The Kier molecular flexibility index (Phi) is 3.63. The van der Waals surface area contributed by atoms with Crippen molar-refractivity contribution in [1.82, 2.24) is 4.90 Å². The molecule has 1 unspecified atom stereocenters. The first-order valence-corrected chi connectivity index (χ1v) is 7.62. The van der Waals surface area contributed by atoms with Crippen LogP contribution in [0.2, 0.25) is 0 Å². The Labute approximate surface area is 120 Å². The van der Waals surface area contributed by atoms with Gasteiger partial charge in [-0.25, -0.2) is 4.39 Å². The van der Waals surface area contributed by atoms with Crippen LogP contribution >= 0.6 is 0 Å². The van der Waals surface area contributed by atoms with Gasteiger partial charge in [0.25, 0.3) is 0 Å². The lowest BCUT2D eigenvalue weighted by Gasteiger charge is -2.42. The summed E-state index contributed by atoms with van der Waals surface area (Å²) >= 11 is 0. The van der Waals surface area contributed by atoms with Gasteiger partial charge in [0.1, 0.15) is 11.6 Å². The number of Topliss-reactive ketones (excluding diaryl/α,β-unsaturated/α-hetero) is 1. The summed E-state index contributed by atoms with van der Waals surface area (Å²) in [5, 5.41) is 0. The van der Waals surface area contributed by atoms with Crippen LogP contribution in [0, 0.1) is 11.7 Å². The molecule has 2 heterocycles. The molecule has 2 saturated heterocycles. The highest BCUT2D eigenvalue weighted by molar-refractivity contribution is 5.82. The molecule has 0 radical (unpaired) electrons. The van der Waals surface area contributed by atoms with Crippen LogP contribution in [0.5, 0.6) is 0 Å². The second kappa shape index (κ2) is 5.28. The molecule has 1 aromatic rings. The lowest BCUT2D eigenvalue weighted by atomic mass is 9.73. The second-order valence-electron chi connectivity index (χ2n) is 6.20. The largest absolute Gasteiger partial charge is 0.300 e. The minimum absolute atomic E-state index is 0.0780. The van der Waals surface area contributed by atoms with Gasteiger partial charge in [0, 0.05) is 24.4 Å². The van der Waals surface area contributed by atoms with Gasteiger partial charge in [-0.2, -0.15) is 0 Å². The van der Waals surface area contributed by atoms with Gasteiger partial charge < -0.3 is 0 Å². The maximum atomic E-state index is 13.1. The quantitative estimate of drug-likeness (QED) is 0.843. The van der Waals surface area contributed by atoms with Crippen LogP contribution < -0.4 is 0 Å². The fourth-order valence-electron chi connectivity index (χ4n) is 4.19. The number of hydrogen-bond donors (Lipinski definition) is 0. The molecule has 108 valence electrons. The summed E-state index contributed by atoms with van der Waals surface area (Å²) in [5.74, 6) is 0.491. The highest BCUT2D eigenvalue weighted by atomic mass is 19.1. The van der Waals surface area contributed by atoms with E-state index in [1.807, 2.05) is 19.1 Å². The molecule has 0 N–H and O–H groups in total. The van der Waals surface area contributed by atoms with Gasteiger partial charge in [-0.15, -0.1) is 0 Å². The van der Waals surface area contributed by atoms with Crippen molar-refractivity contribution < 1.29 is 9.18 Å². The number of benzene rings is 1. The first-order valence-electron chi connectivity index (χ1n) is 7.62. The van der Waals surface area contributed by atoms with Gasteiger partial charge in [0.05, 0.1) is 0 Å². The highest BCUT2D eigenvalue weighted by Gasteiger charge is 2.48. The third kappa shape index (κ3) is 2.18. The summed E-state index contributed by atoms with van der Waals surface area (Å²) in [5.41, 5.74) is 1.13. The summed E-state index contributed by atoms with van der Waals surface area (Å²) in [6.07, 6.45) is 3.92. The molecule has 2 nitrogen and oxygen atoms in total. The van der Waals surface area contributed by atoms with Crippen LogP contribution in [-0.2, 0) is 4.79 Å². The highest BCUT2D eigenvalue weighted by Crippen LogP contribution is 2.46. The molecular weight excluding hydrogens is 253 g/mol. The van der Waals surface area contributed by atoms with Crippen LogP contribution in [-0.4, -0.2) is 29.8 Å². The molecular formula is C17H22FNO. The minimum Gasteiger partial charge on any atom is -0.300 e. The molecule has 4 atom stereocenters. The van der Waals surface area contributed by atoms with Crippen molar-refractivity contribution >= 4 is 5.78 Å². The van der Waals surface area contributed by atoms with Gasteiger partial charge >= 0.3 is 0 Å². The van der Waals surface area contributed by atoms with E-state index in [2.05, 4.69) is 11.9 Å². The molecule has 2 aliphatic rings. The van der Waals surface area contributed by atoms with Gasteiger partial charge in [0.15, 0.2) is 0 Å². The maximum Gasteiger partial charge on any atom is 0.137 e. The first-order chi connectivity index (χ1) is 9.61. The number of rotatable bonds is 3. The van der Waals surface area contributed by atoms with Crippen molar-refractivity contribution in [3.63, 3.8) is 0 Å². The van der Waals surface area contributed by atoms with E-state index in [4.69, 9.17) is 0 Å². The molecule has 2 bridgehead atoms. The zero-order chi connectivity index (χ0) is 14.3. The molecule has 3 heteroatoms. The Morgan fingerprint density at radius 2 is 2.00 bits per heavy atom. The molecule has 0 saturated carbocycles. The molecule has 1 aromatic carbocycles. The van der Waals surface area contributed by atoms with Gasteiger partial charge in [-0.3, -0.25) is 9.69 Å². The van der Waals surface area contributed by atoms with Gasteiger partial charge in [-0.1, -0.05) is 19.1 Å². The van der Waals surface area contributed by atoms with Crippen molar-refractivity contribution in [2.24, 2.45) is 5.92 Å². The van der Waals surface area contributed by atoms with E-state index in [9.17, 15) is 9.18 Å². The summed E-state index contributed by atoms with van der Waals surface area (Å²) < 4.78 is 13.1. The van der Waals surface area contributed by atoms with E-state index < -0.39 is 0 Å². The number of piperidine rings is 1. The maximum absolute atomic E-state index is 13.1. The lowest BCUT2D eigenvalue weighted by molar-refractivity contribution is -0.126. The molecule has 20 heavy (non-hydrogen) atoms. The van der Waals surface area contributed by atoms with Crippen molar-refractivity contribution in [1.29, 1.82) is 0 Å². The van der Waals surface area contributed by atoms with Crippen LogP contribution in [0.25, 0.3) is 0 Å². The summed E-state index contributed by atoms with van der Waals surface area (Å²) in [6.45, 7) is 1.95. The number of fused-ring (bicyclic) bond motifs is 2. The van der Waals surface area contributed by atoms with Crippen molar-refractivity contribution in [2.75, 3.05) is 7.05 Å². The van der Waals surface area contributed by atoms with E-state index in [0.717, 1.165) is 18.4 Å². The van der Waals surface area contributed by atoms with Crippen molar-refractivity contribution in [2.45, 2.75) is 50.6 Å². The number of halogens is 1. The zero-order valence-electron chi connectivity index (χ0n) is 12.2. The van der Waals surface area contributed by atoms with Crippen LogP contribution in [0.3, 0.4) is 0 Å². The van der Waals surface area contributed by atoms with Gasteiger partial charge in [-0.05, 0) is 49.9 Å². The monoisotopic (exact) mass is 275 g/mol. The van der Waals surface area contributed by atoms with Gasteiger partial charge in [0.2, 0.25) is 0 Å². The Hall–Kier alpha value is -1.22. The molecule has 3 rings (SSSR count). The predicted octanol–water partition coefficient (Wildman–Crippen LogP) is 3.37. The third-order valence-electron chi connectivity index (χ3n) is 5.29. The predicted molar refractivity (Wildman–Crippen MR) is 77.1 cm³/mol. The average Bonchev–Trinajstić information content (AvgIpc) is 2.70. The molecule has 0 aliphatic carbocycles. The van der Waals surface area contributed by atoms with E-state index >= 15 is 0 Å². The average molecular weight is 275 g/mol. The van der Waals surface area contributed by atoms with Crippen LogP contribution in [0.15, 0.2) is 24.3 Å². The lowest BCUT2D eigenvalue weighted by Crippen LogP contribution is -2.48. The summed E-state index contributed by atoms with van der Waals surface area (Å²) in [6, 6.07) is 7.71. The van der Waals surface area contributed by atoms with Crippen LogP contribution in [0.1, 0.15) is 44.1 Å². The first kappa shape index (κ1) is 13.7. The van der Waals surface area contributed by atoms with Crippen molar-refractivity contribution in [3.8, 4) is 0 Å². The second-order valence-corrected chi connectivity index (χ2v) is 6.20. The number of nitrogens with zero attached hydrogens (tertiary/aromatic N) is 1. The fraction of sp³-hybridized carbons (Fsp3) is 0.588. The normalized spacial score (nSPS) is 33.4. The Bertz CT molecular complexity index is 498. The van der Waals surface area contributed by atoms with E-state index in [-0.39, 0.29) is 17.7 Å². The van der Waals surface area contributed by atoms with Crippen LogP contribution in [0.4, 0.5) is 4.39 Å². The third-order valence-corrected chi connectivity index (χ3v) is 5.29. The molecule has 0 amide bonds. The Morgan fingerprint density at radius 3 is 2.65 bits per heavy atom. The molecule has 2 aliphatic heterocycles. The molecule has 0 spiro atoms. The number of carbonyl (C=O) groups is 1. The van der Waals surface area contributed by atoms with E-state index in [0.29, 0.717) is 24.3 Å². The van der Waals surface area contributed by atoms with E-state index in [1.54, 1.807) is 0 Å². The smallest absolute Gasteiger partial charge is 0.137 e. The Morgan fingerprint density at radius 1 is 1.30 bits per heavy atom. The minimum atomic E-state index is -0.206. The Balaban J connectivity index is 1.95. The summed E-state index contributed by atoms with van der Waals surface area (Å²) in [4.78, 5) is 14.9. The standard InChI is InChI=1S/C17H22FNO/c1-3-16(20)17-14(11-4-6-12(18)7-5-11)10-13-8-9-15(17)19(13)2/h4-7,13-15,17H,3,8-10H2,1-2H3/t13-,14?,15+,17-/m0/s1. The number of ketones is 1. The molecule has 2 fully saturated rings. The van der Waals surface area contributed by atoms with Crippen molar-refractivity contribution in [3.05, 3.63) is 35.6 Å². The fourth-order valence-corrected chi connectivity index (χ4v) is 4.19. The zero-order valence-corrected chi connectivity index (χ0v) is 12.2. The number of carbonyl (C=O) groups excluding carboxylic acids is 1. The van der Waals surface area contributed by atoms with E-state index in [1.165, 1.54) is 18.6 Å². The SMILES string of the molecule is CCC(=O)[C@H]1C(c2ccc(F)cc2)C[C@@H]2CC[C@H]1N2C. The number of hydrogen-bond acceptors (Lipinski definition) is 2. The summed E-state index contributed by atoms with van der Waals surface area (Å²) in [7, 11) is 2.15.